The van der Waals surface area contributed by atoms with Gasteiger partial charge in [-0.05, 0) is 38.5 Å². The van der Waals surface area contributed by atoms with Gasteiger partial charge in [-0.1, -0.05) is 11.2 Å². The number of primary amides is 1. The van der Waals surface area contributed by atoms with Crippen LogP contribution in [0.15, 0.2) is 28.8 Å². The fourth-order valence-electron chi connectivity index (χ4n) is 2.14. The molecule has 4 N–H and O–H groups in total. The number of nitrogens with two attached hydrogens (primary N) is 1. The second-order valence-electron chi connectivity index (χ2n) is 4.88. The molecule has 7 nitrogen and oxygen atoms in total. The lowest BCUT2D eigenvalue weighted by Gasteiger charge is -2.07. The van der Waals surface area contributed by atoms with Crippen LogP contribution in [0, 0.1) is 13.8 Å². The highest BCUT2D eigenvalue weighted by Crippen LogP contribution is 2.13. The molecule has 0 fully saturated rings. The van der Waals surface area contributed by atoms with Gasteiger partial charge < -0.3 is 20.9 Å². The van der Waals surface area contributed by atoms with Crippen molar-refractivity contribution in [1.82, 2.24) is 10.5 Å². The number of nitrogens with one attached hydrogen (secondary N) is 2. The first-order valence-corrected chi connectivity index (χ1v) is 6.84. The monoisotopic (exact) mass is 302 g/mol. The van der Waals surface area contributed by atoms with E-state index in [1.54, 1.807) is 24.3 Å². The number of urea groups is 1. The summed E-state index contributed by atoms with van der Waals surface area (Å²) in [7, 11) is 0. The molecule has 0 aliphatic heterocycles. The van der Waals surface area contributed by atoms with Crippen LogP contribution < -0.4 is 16.4 Å². The van der Waals surface area contributed by atoms with E-state index in [1.807, 2.05) is 13.8 Å². The summed E-state index contributed by atoms with van der Waals surface area (Å²) in [4.78, 5) is 22.9. The van der Waals surface area contributed by atoms with Crippen LogP contribution in [0.25, 0.3) is 0 Å². The number of aryl methyl sites for hydroxylation is 2. The van der Waals surface area contributed by atoms with Crippen LogP contribution in [0.4, 0.5) is 10.5 Å². The molecule has 0 radical (unpaired) electrons. The average Bonchev–Trinajstić information content (AvgIpc) is 2.78. The molecule has 1 aromatic heterocycles. The normalized spacial score (nSPS) is 10.3. The molecule has 0 aliphatic rings. The first-order chi connectivity index (χ1) is 10.5. The number of anilines is 1. The highest BCUT2D eigenvalue weighted by Gasteiger charge is 2.10. The molecule has 3 amide bonds. The zero-order chi connectivity index (χ0) is 16.1. The second-order valence-corrected chi connectivity index (χ2v) is 4.88. The summed E-state index contributed by atoms with van der Waals surface area (Å²) in [6, 6.07) is 5.89. The van der Waals surface area contributed by atoms with Gasteiger partial charge in [0.2, 0.25) is 0 Å². The molecule has 2 rings (SSSR count). The van der Waals surface area contributed by atoms with Gasteiger partial charge in [0.25, 0.3) is 5.91 Å². The third-order valence-corrected chi connectivity index (χ3v) is 3.23. The van der Waals surface area contributed by atoms with E-state index < -0.39 is 6.03 Å². The van der Waals surface area contributed by atoms with Crippen molar-refractivity contribution >= 4 is 17.6 Å². The minimum absolute atomic E-state index is 0.222. The minimum Gasteiger partial charge on any atom is -0.361 e. The highest BCUT2D eigenvalue weighted by molar-refractivity contribution is 5.96. The number of benzene rings is 1. The number of carbonyl (C=O) groups excluding carboxylic acids is 2. The van der Waals surface area contributed by atoms with Crippen molar-refractivity contribution in [3.63, 3.8) is 0 Å². The summed E-state index contributed by atoms with van der Waals surface area (Å²) in [5.74, 6) is 0.541. The third kappa shape index (κ3) is 3.85. The minimum atomic E-state index is -0.670. The van der Waals surface area contributed by atoms with Crippen LogP contribution in [0.1, 0.15) is 27.4 Å². The van der Waals surface area contributed by atoms with Gasteiger partial charge in [-0.2, -0.15) is 0 Å². The Labute approximate surface area is 127 Å². The van der Waals surface area contributed by atoms with E-state index in [-0.39, 0.29) is 5.91 Å². The lowest BCUT2D eigenvalue weighted by atomic mass is 10.1. The Morgan fingerprint density at radius 1 is 1.32 bits per heavy atom. The first kappa shape index (κ1) is 15.6. The smallest absolute Gasteiger partial charge is 0.316 e. The standard InChI is InChI=1S/C15H18N4O3/c1-9-13(10(2)22-19-9)6-7-17-14(20)11-4-3-5-12(8-11)18-15(16)21/h3-5,8H,6-7H2,1-2H3,(H,17,20)(H3,16,18,21). The summed E-state index contributed by atoms with van der Waals surface area (Å²) < 4.78 is 5.08. The molecule has 22 heavy (non-hydrogen) atoms. The molecule has 0 spiro atoms. The topological polar surface area (TPSA) is 110 Å². The molecule has 2 aromatic rings. The number of amides is 3. The Hall–Kier alpha value is -2.83. The van der Waals surface area contributed by atoms with E-state index >= 15 is 0 Å². The van der Waals surface area contributed by atoms with E-state index in [1.165, 1.54) is 0 Å². The van der Waals surface area contributed by atoms with Crippen LogP contribution in [0.3, 0.4) is 0 Å². The molecule has 1 heterocycles. The lowest BCUT2D eigenvalue weighted by molar-refractivity contribution is 0.0954. The van der Waals surface area contributed by atoms with Crippen LogP contribution in [0.2, 0.25) is 0 Å². The first-order valence-electron chi connectivity index (χ1n) is 6.84. The van der Waals surface area contributed by atoms with Crippen molar-refractivity contribution in [3.8, 4) is 0 Å². The Balaban J connectivity index is 1.93. The molecule has 0 atom stereocenters. The Kier molecular flexibility index (Phi) is 4.77. The Morgan fingerprint density at radius 3 is 2.73 bits per heavy atom. The van der Waals surface area contributed by atoms with Crippen molar-refractivity contribution < 1.29 is 14.1 Å². The number of nitrogens with zero attached hydrogens (tertiary/aromatic N) is 1. The van der Waals surface area contributed by atoms with Crippen molar-refractivity contribution in [1.29, 1.82) is 0 Å². The molecular formula is C15H18N4O3. The van der Waals surface area contributed by atoms with Crippen LogP contribution in [0.5, 0.6) is 0 Å². The van der Waals surface area contributed by atoms with Gasteiger partial charge in [-0.25, -0.2) is 4.79 Å². The fourth-order valence-corrected chi connectivity index (χ4v) is 2.14. The van der Waals surface area contributed by atoms with Gasteiger partial charge in [0.1, 0.15) is 5.76 Å². The summed E-state index contributed by atoms with van der Waals surface area (Å²) in [5.41, 5.74) is 7.81. The predicted molar refractivity (Wildman–Crippen MR) is 81.7 cm³/mol. The number of rotatable bonds is 5. The number of hydrogen-bond donors (Lipinski definition) is 3. The van der Waals surface area contributed by atoms with Crippen molar-refractivity contribution in [2.75, 3.05) is 11.9 Å². The zero-order valence-electron chi connectivity index (χ0n) is 12.5. The molecular weight excluding hydrogens is 284 g/mol. The maximum absolute atomic E-state index is 12.1. The van der Waals surface area contributed by atoms with Crippen LogP contribution >= 0.6 is 0 Å². The van der Waals surface area contributed by atoms with Gasteiger partial charge in [0, 0.05) is 23.4 Å². The number of carbonyl (C=O) groups is 2. The third-order valence-electron chi connectivity index (χ3n) is 3.23. The van der Waals surface area contributed by atoms with Crippen molar-refractivity contribution in [3.05, 3.63) is 46.8 Å². The lowest BCUT2D eigenvalue weighted by Crippen LogP contribution is -2.26. The summed E-state index contributed by atoms with van der Waals surface area (Å²) in [5, 5.41) is 9.12. The summed E-state index contributed by atoms with van der Waals surface area (Å²) in [6.45, 7) is 4.18. The molecule has 1 aromatic carbocycles. The highest BCUT2D eigenvalue weighted by atomic mass is 16.5. The van der Waals surface area contributed by atoms with E-state index in [0.29, 0.717) is 24.2 Å². The average molecular weight is 302 g/mol. The van der Waals surface area contributed by atoms with E-state index in [9.17, 15) is 9.59 Å². The van der Waals surface area contributed by atoms with Crippen LogP contribution in [-0.4, -0.2) is 23.6 Å². The number of hydrogen-bond acceptors (Lipinski definition) is 4. The SMILES string of the molecule is Cc1noc(C)c1CCNC(=O)c1cccc(NC(N)=O)c1. The fraction of sp³-hybridized carbons (Fsp3) is 0.267. The molecule has 0 saturated heterocycles. The zero-order valence-corrected chi connectivity index (χ0v) is 12.5. The quantitative estimate of drug-likeness (QED) is 0.781. The molecule has 0 saturated carbocycles. The molecule has 0 bridgehead atoms. The largest absolute Gasteiger partial charge is 0.361 e. The van der Waals surface area contributed by atoms with E-state index in [4.69, 9.17) is 10.3 Å². The maximum Gasteiger partial charge on any atom is 0.316 e. The van der Waals surface area contributed by atoms with Gasteiger partial charge in [-0.3, -0.25) is 4.79 Å². The molecule has 0 aliphatic carbocycles. The Bertz CT molecular complexity index is 674. The number of aromatic nitrogens is 1. The molecule has 7 heteroatoms. The van der Waals surface area contributed by atoms with Crippen LogP contribution in [-0.2, 0) is 6.42 Å². The van der Waals surface area contributed by atoms with Gasteiger partial charge in [0.05, 0.1) is 5.69 Å². The van der Waals surface area contributed by atoms with Crippen molar-refractivity contribution in [2.45, 2.75) is 20.3 Å². The second kappa shape index (κ2) is 6.75. The Morgan fingerprint density at radius 2 is 2.09 bits per heavy atom. The molecule has 0 unspecified atom stereocenters. The summed E-state index contributed by atoms with van der Waals surface area (Å²) >= 11 is 0. The molecule has 116 valence electrons. The van der Waals surface area contributed by atoms with E-state index in [0.717, 1.165) is 17.0 Å². The summed E-state index contributed by atoms with van der Waals surface area (Å²) in [6.07, 6.45) is 0.645. The van der Waals surface area contributed by atoms with E-state index in [2.05, 4.69) is 15.8 Å². The predicted octanol–water partition coefficient (Wildman–Crippen LogP) is 1.75. The maximum atomic E-state index is 12.1. The van der Waals surface area contributed by atoms with Crippen molar-refractivity contribution in [2.24, 2.45) is 5.73 Å². The van der Waals surface area contributed by atoms with Gasteiger partial charge >= 0.3 is 6.03 Å². The van der Waals surface area contributed by atoms with Gasteiger partial charge in [0.15, 0.2) is 0 Å². The van der Waals surface area contributed by atoms with Gasteiger partial charge in [-0.15, -0.1) is 0 Å².